The summed E-state index contributed by atoms with van der Waals surface area (Å²) in [5, 5.41) is 15.7. The fourth-order valence-electron chi connectivity index (χ4n) is 10.6. The summed E-state index contributed by atoms with van der Waals surface area (Å²) < 4.78 is 20.7. The Bertz CT molecular complexity index is 4820. The Morgan fingerprint density at radius 1 is 0.429 bits per heavy atom. The molecule has 0 aliphatic carbocycles. The van der Waals surface area contributed by atoms with Gasteiger partial charge in [-0.25, -0.2) is 19.5 Å². The number of halogens is 4. The average Bonchev–Trinajstić information content (AvgIpc) is 1.80. The van der Waals surface area contributed by atoms with Crippen molar-refractivity contribution in [2.24, 2.45) is 0 Å². The zero-order valence-electron chi connectivity index (χ0n) is 44.8. The zero-order valence-corrected chi connectivity index (χ0v) is 58.6. The molecule has 84 heavy (non-hydrogen) atoms. The van der Waals surface area contributed by atoms with E-state index in [0.29, 0.717) is 23.3 Å². The zero-order chi connectivity index (χ0) is 56.9. The van der Waals surface area contributed by atoms with Crippen molar-refractivity contribution in [1.29, 1.82) is 0 Å². The van der Waals surface area contributed by atoms with E-state index in [-0.39, 0.29) is 21.1 Å². The second-order valence-electron chi connectivity index (χ2n) is 18.7. The topological polar surface area (TPSA) is 140 Å². The average molecular weight is 1590 g/mol. The number of aromatic nitrogens is 12. The molecule has 12 heterocycles. The summed E-state index contributed by atoms with van der Waals surface area (Å²) in [7, 11) is 20.0. The molecule has 0 unspecified atom stereocenters. The van der Waals surface area contributed by atoms with Gasteiger partial charge in [-0.05, 0) is 116 Å². The number of benzene rings is 4. The molecule has 16 rings (SSSR count). The molecule has 0 amide bonds. The van der Waals surface area contributed by atoms with Crippen molar-refractivity contribution in [3.8, 4) is 34.9 Å². The number of ether oxygens (including phenoxy) is 2. The Hall–Kier alpha value is -4.79. The van der Waals surface area contributed by atoms with E-state index in [0.717, 1.165) is 116 Å². The van der Waals surface area contributed by atoms with Crippen LogP contribution in [-0.4, -0.2) is 121 Å². The van der Waals surface area contributed by atoms with Crippen LogP contribution < -0.4 is 9.47 Å². The monoisotopic (exact) mass is 1590 g/mol. The Morgan fingerprint density at radius 2 is 0.952 bits per heavy atom. The van der Waals surface area contributed by atoms with Gasteiger partial charge < -0.3 is 19.0 Å². The van der Waals surface area contributed by atoms with Gasteiger partial charge in [-0.2, -0.15) is 22.3 Å². The maximum absolute atomic E-state index is 6.35. The smallest absolute Gasteiger partial charge is 2.00 e. The van der Waals surface area contributed by atoms with Crippen molar-refractivity contribution in [3.05, 3.63) is 218 Å². The molecule has 0 bridgehead atoms. The van der Waals surface area contributed by atoms with Gasteiger partial charge in [0.15, 0.2) is 5.88 Å². The van der Waals surface area contributed by atoms with Gasteiger partial charge in [-0.1, -0.05) is 76.5 Å². The molecule has 16 aromatic rings. The predicted octanol–water partition coefficient (Wildman–Crippen LogP) is 15.6. The molecule has 14 nitrogen and oxygen atoms in total. The molecule has 0 spiro atoms. The summed E-state index contributed by atoms with van der Waals surface area (Å²) in [5.41, 5.74) is 12.6. The number of hydrogen-bond donors (Lipinski definition) is 0. The summed E-state index contributed by atoms with van der Waals surface area (Å²) >= 11 is -0.556. The van der Waals surface area contributed by atoms with Crippen molar-refractivity contribution in [1.82, 2.24) is 58.3 Å². The van der Waals surface area contributed by atoms with Gasteiger partial charge >= 0.3 is 134 Å². The van der Waals surface area contributed by atoms with E-state index in [9.17, 15) is 0 Å². The van der Waals surface area contributed by atoms with E-state index in [1.807, 2.05) is 144 Å². The number of hydrogen-bond acceptors (Lipinski definition) is 10. The van der Waals surface area contributed by atoms with Crippen LogP contribution in [0.4, 0.5) is 0 Å². The van der Waals surface area contributed by atoms with Crippen LogP contribution in [0.2, 0.25) is 0 Å². The van der Waals surface area contributed by atoms with Gasteiger partial charge in [-0.15, -0.1) is 17.5 Å². The third-order valence-electron chi connectivity index (χ3n) is 13.7. The molecular formula is C62H38Cl4K2N12O2Pt2. The van der Waals surface area contributed by atoms with E-state index in [4.69, 9.17) is 57.1 Å². The van der Waals surface area contributed by atoms with Crippen molar-refractivity contribution in [2.75, 3.05) is 0 Å². The first-order valence-corrected chi connectivity index (χ1v) is 53.4. The Balaban J connectivity index is 0.000000148. The van der Waals surface area contributed by atoms with Gasteiger partial charge in [-0.3, -0.25) is 19.1 Å². The first kappa shape index (κ1) is 59.5. The molecule has 22 heteroatoms. The molecule has 0 aliphatic heterocycles. The third kappa shape index (κ3) is 11.8. The van der Waals surface area contributed by atoms with Gasteiger partial charge in [0.2, 0.25) is 5.88 Å². The minimum Gasteiger partial charge on any atom is 2.00 e. The molecular weight excluding hydrogens is 1550 g/mol. The van der Waals surface area contributed by atoms with Gasteiger partial charge in [0, 0.05) is 64.3 Å². The van der Waals surface area contributed by atoms with Gasteiger partial charge in [0.25, 0.3) is 0 Å². The number of para-hydroxylation sites is 2. The van der Waals surface area contributed by atoms with Crippen LogP contribution in [0.1, 0.15) is 11.4 Å². The summed E-state index contributed by atoms with van der Waals surface area (Å²) in [6.07, 6.45) is 7.18. The molecule has 4 aromatic carbocycles. The van der Waals surface area contributed by atoms with E-state index < -0.39 is 11.9 Å². The van der Waals surface area contributed by atoms with Crippen LogP contribution in [0.5, 0.6) is 23.3 Å². The van der Waals surface area contributed by atoms with Crippen LogP contribution in [0.15, 0.2) is 195 Å². The predicted molar refractivity (Wildman–Crippen MR) is 331 cm³/mol. The fourth-order valence-corrected chi connectivity index (χ4v) is 10.6. The van der Waals surface area contributed by atoms with Crippen molar-refractivity contribution >= 4 is 199 Å². The third-order valence-corrected chi connectivity index (χ3v) is 13.7. The Kier molecular flexibility index (Phi) is 18.1. The molecule has 12 aromatic heterocycles. The van der Waals surface area contributed by atoms with Crippen LogP contribution in [0.25, 0.3) is 110 Å². The molecule has 408 valence electrons. The van der Waals surface area contributed by atoms with Crippen molar-refractivity contribution < 1.29 is 42.4 Å². The second-order valence-corrected chi connectivity index (χ2v) is 38.4. The molecule has 0 saturated heterocycles. The molecule has 0 fully saturated rings. The van der Waals surface area contributed by atoms with Crippen LogP contribution in [0.3, 0.4) is 0 Å². The number of rotatable bonds is 6. The molecule has 0 aliphatic rings. The number of nitrogens with zero attached hydrogens (tertiary/aromatic N) is 12. The summed E-state index contributed by atoms with van der Waals surface area (Å²) in [6.45, 7) is 3.91. The largest absolute Gasteiger partial charge is 2.00 e. The summed E-state index contributed by atoms with van der Waals surface area (Å²) in [4.78, 5) is 28.2. The number of fused-ring (bicyclic) bond motifs is 18. The molecule has 0 N–H and O–H groups in total. The maximum Gasteiger partial charge on any atom is 2.00 e. The molecule has 0 radical (unpaired) electrons. The number of pyridine rings is 8. The van der Waals surface area contributed by atoms with Crippen LogP contribution in [0, 0.1) is 26.0 Å². The van der Waals surface area contributed by atoms with Crippen molar-refractivity contribution in [2.45, 2.75) is 13.8 Å². The number of aryl methyl sites for hydroxylation is 2. The molecule has 0 saturated carbocycles. The summed E-state index contributed by atoms with van der Waals surface area (Å²) in [6, 6.07) is 63.1. The van der Waals surface area contributed by atoms with Gasteiger partial charge in [0.1, 0.15) is 22.9 Å². The van der Waals surface area contributed by atoms with Crippen LogP contribution >= 0.6 is 37.7 Å². The van der Waals surface area contributed by atoms with Gasteiger partial charge in [0.05, 0.1) is 44.3 Å². The normalized spacial score (nSPS) is 11.7. The quantitative estimate of drug-likeness (QED) is 0.0898. The minimum atomic E-state index is -3.06. The van der Waals surface area contributed by atoms with E-state index in [1.165, 1.54) is 68.5 Å². The minimum absolute atomic E-state index is 0. The van der Waals surface area contributed by atoms with Crippen LogP contribution in [-0.2, 0) is 33.0 Å². The maximum atomic E-state index is 6.35. The first-order valence-electron chi connectivity index (χ1n) is 26.1. The van der Waals surface area contributed by atoms with E-state index in [2.05, 4.69) is 106 Å². The standard InChI is InChI=1S/C31H20N6O.C31H18N6O.4ClH.2K.2Pt/c2*1-19-17-27-31-23(30-25(37(27)35-19)9-6-16-33-30)13-14-29(34-31)38-20-11-12-22-21-7-2-3-8-24(21)36(26(22)18-20)28-10-4-5-15-32-28;;;;;;;;/h2-18H,1H3;2-16H,1H3;4*1H;;;;/q;-2;;;;;;;+2;+4/p-4. The summed E-state index contributed by atoms with van der Waals surface area (Å²) in [5.74, 6) is 3.91. The fraction of sp³-hybridized carbons (Fsp3) is 0.0323. The first-order chi connectivity index (χ1) is 40.5. The second kappa shape index (κ2) is 25.5. The SMILES string of the molecule is Cc1[c-]c2c3nc(Oc4[c-]c5c(cc4)c4ccccc4n5-c4ccccn4)ccc3c3ncccc3n2n1.Cc1cc2c3nc(Oc4ccc5c6ccccc6n(-c6ccccn6)c5c4)ccc3c3ncccc3n2n1.[Cl][Pt]([Cl])([Cl])[Cl].[K][K].[Pt+2]. The van der Waals surface area contributed by atoms with Crippen molar-refractivity contribution in [3.63, 3.8) is 0 Å². The van der Waals surface area contributed by atoms with E-state index in [1.54, 1.807) is 18.6 Å². The Labute approximate surface area is 557 Å². The molecule has 0 atom stereocenters. The Morgan fingerprint density at radius 3 is 1.62 bits per heavy atom. The van der Waals surface area contributed by atoms with E-state index >= 15 is 0 Å².